The molecule has 3 rings (SSSR count). The first kappa shape index (κ1) is 20.5. The van der Waals surface area contributed by atoms with Crippen LogP contribution in [-0.4, -0.2) is 24.5 Å². The maximum atomic E-state index is 13.8. The minimum absolute atomic E-state index is 0.106. The molecule has 0 bridgehead atoms. The van der Waals surface area contributed by atoms with Crippen LogP contribution in [0, 0.1) is 12.7 Å². The second kappa shape index (κ2) is 7.63. The number of halogens is 1. The van der Waals surface area contributed by atoms with E-state index in [4.69, 9.17) is 4.52 Å². The standard InChI is InChI=1S/C19H19FN4O4S/c1-12-21-18(23-28-12)19(2,3)22-17(25)13-7-6-8-14(11-13)29(26,27)24-16-10-5-4-9-15(16)20/h4-11,24H,1-3H3,(H,22,25). The van der Waals surface area contributed by atoms with Crippen molar-refractivity contribution in [2.75, 3.05) is 4.72 Å². The van der Waals surface area contributed by atoms with Crippen LogP contribution in [0.15, 0.2) is 57.9 Å². The Kier molecular flexibility index (Phi) is 5.38. The summed E-state index contributed by atoms with van der Waals surface area (Å²) >= 11 is 0. The molecule has 152 valence electrons. The molecule has 1 amide bonds. The normalized spacial score (nSPS) is 11.9. The van der Waals surface area contributed by atoms with Crippen LogP contribution in [0.4, 0.5) is 10.1 Å². The third kappa shape index (κ3) is 4.60. The molecule has 0 aliphatic rings. The topological polar surface area (TPSA) is 114 Å². The van der Waals surface area contributed by atoms with Gasteiger partial charge in [0.25, 0.3) is 15.9 Å². The van der Waals surface area contributed by atoms with Crippen LogP contribution in [0.25, 0.3) is 0 Å². The summed E-state index contributed by atoms with van der Waals surface area (Å²) in [5.74, 6) is -0.592. The molecule has 0 unspecified atom stereocenters. The molecule has 2 aromatic carbocycles. The molecule has 10 heteroatoms. The Morgan fingerprint density at radius 1 is 1.14 bits per heavy atom. The molecule has 29 heavy (non-hydrogen) atoms. The van der Waals surface area contributed by atoms with Crippen molar-refractivity contribution in [3.8, 4) is 0 Å². The summed E-state index contributed by atoms with van der Waals surface area (Å²) in [6, 6.07) is 10.8. The lowest BCUT2D eigenvalue weighted by atomic mass is 10.0. The number of nitrogens with one attached hydrogen (secondary N) is 2. The van der Waals surface area contributed by atoms with Crippen molar-refractivity contribution in [1.29, 1.82) is 0 Å². The highest BCUT2D eigenvalue weighted by Crippen LogP contribution is 2.21. The van der Waals surface area contributed by atoms with Gasteiger partial charge in [-0.25, -0.2) is 12.8 Å². The van der Waals surface area contributed by atoms with E-state index in [1.165, 1.54) is 42.5 Å². The minimum atomic E-state index is -4.09. The van der Waals surface area contributed by atoms with Crippen LogP contribution >= 0.6 is 0 Å². The largest absolute Gasteiger partial charge is 0.340 e. The Balaban J connectivity index is 1.83. The number of nitrogens with zero attached hydrogens (tertiary/aromatic N) is 2. The number of aryl methyl sites for hydroxylation is 1. The number of sulfonamides is 1. The summed E-state index contributed by atoms with van der Waals surface area (Å²) in [6.07, 6.45) is 0. The maximum absolute atomic E-state index is 13.8. The molecule has 0 atom stereocenters. The number of rotatable bonds is 6. The SMILES string of the molecule is Cc1nc(C(C)(C)NC(=O)c2cccc(S(=O)(=O)Nc3ccccc3F)c2)no1. The van der Waals surface area contributed by atoms with Gasteiger partial charge < -0.3 is 9.84 Å². The van der Waals surface area contributed by atoms with Gasteiger partial charge in [-0.05, 0) is 44.2 Å². The Labute approximate surface area is 167 Å². The minimum Gasteiger partial charge on any atom is -0.340 e. The lowest BCUT2D eigenvalue weighted by Gasteiger charge is -2.22. The summed E-state index contributed by atoms with van der Waals surface area (Å²) < 4.78 is 46.1. The van der Waals surface area contributed by atoms with E-state index >= 15 is 0 Å². The first-order valence-electron chi connectivity index (χ1n) is 8.59. The van der Waals surface area contributed by atoms with Gasteiger partial charge in [-0.2, -0.15) is 4.98 Å². The zero-order valence-corrected chi connectivity index (χ0v) is 16.7. The lowest BCUT2D eigenvalue weighted by molar-refractivity contribution is 0.0907. The predicted molar refractivity (Wildman–Crippen MR) is 103 cm³/mol. The Morgan fingerprint density at radius 3 is 2.52 bits per heavy atom. The van der Waals surface area contributed by atoms with Crippen molar-refractivity contribution in [2.45, 2.75) is 31.2 Å². The molecule has 0 aliphatic heterocycles. The van der Waals surface area contributed by atoms with Gasteiger partial charge in [-0.1, -0.05) is 23.4 Å². The van der Waals surface area contributed by atoms with Crippen LogP contribution in [0.1, 0.15) is 35.9 Å². The van der Waals surface area contributed by atoms with Gasteiger partial charge in [0.2, 0.25) is 5.89 Å². The molecule has 2 N–H and O–H groups in total. The van der Waals surface area contributed by atoms with E-state index in [1.54, 1.807) is 20.8 Å². The number of aromatic nitrogens is 2. The summed E-state index contributed by atoms with van der Waals surface area (Å²) in [5.41, 5.74) is -1.03. The molecule has 1 heterocycles. The van der Waals surface area contributed by atoms with Crippen LogP contribution in [-0.2, 0) is 15.6 Å². The summed E-state index contributed by atoms with van der Waals surface area (Å²) in [4.78, 5) is 16.6. The quantitative estimate of drug-likeness (QED) is 0.636. The van der Waals surface area contributed by atoms with E-state index in [-0.39, 0.29) is 22.0 Å². The molecule has 0 saturated heterocycles. The van der Waals surface area contributed by atoms with Crippen molar-refractivity contribution in [1.82, 2.24) is 15.5 Å². The Hall–Kier alpha value is -3.27. The van der Waals surface area contributed by atoms with Crippen molar-refractivity contribution in [3.05, 3.63) is 71.6 Å². The van der Waals surface area contributed by atoms with E-state index in [1.807, 2.05) is 0 Å². The van der Waals surface area contributed by atoms with E-state index in [9.17, 15) is 17.6 Å². The number of benzene rings is 2. The average molecular weight is 418 g/mol. The number of carbonyl (C=O) groups is 1. The fraction of sp³-hybridized carbons (Fsp3) is 0.211. The molecule has 1 aromatic heterocycles. The fourth-order valence-corrected chi connectivity index (χ4v) is 3.63. The molecule has 8 nitrogen and oxygen atoms in total. The second-order valence-electron chi connectivity index (χ2n) is 6.83. The van der Waals surface area contributed by atoms with E-state index in [0.29, 0.717) is 5.89 Å². The van der Waals surface area contributed by atoms with Gasteiger partial charge in [-0.3, -0.25) is 9.52 Å². The first-order valence-corrected chi connectivity index (χ1v) is 10.1. The highest BCUT2D eigenvalue weighted by molar-refractivity contribution is 7.92. The number of hydrogen-bond acceptors (Lipinski definition) is 6. The summed E-state index contributed by atoms with van der Waals surface area (Å²) in [7, 11) is -4.09. The van der Waals surface area contributed by atoms with Gasteiger partial charge >= 0.3 is 0 Å². The number of anilines is 1. The second-order valence-corrected chi connectivity index (χ2v) is 8.51. The van der Waals surface area contributed by atoms with Crippen LogP contribution in [0.3, 0.4) is 0 Å². The smallest absolute Gasteiger partial charge is 0.262 e. The summed E-state index contributed by atoms with van der Waals surface area (Å²) in [6.45, 7) is 5.01. The highest BCUT2D eigenvalue weighted by Gasteiger charge is 2.29. The predicted octanol–water partition coefficient (Wildman–Crippen LogP) is 2.98. The molecule has 0 fully saturated rings. The molecule has 0 aliphatic carbocycles. The van der Waals surface area contributed by atoms with Gasteiger partial charge in [-0.15, -0.1) is 0 Å². The van der Waals surface area contributed by atoms with Gasteiger partial charge in [0.05, 0.1) is 16.1 Å². The first-order chi connectivity index (χ1) is 13.6. The van der Waals surface area contributed by atoms with Gasteiger partial charge in [0.15, 0.2) is 5.82 Å². The van der Waals surface area contributed by atoms with Crippen LogP contribution in [0.5, 0.6) is 0 Å². The molecule has 3 aromatic rings. The Bertz CT molecular complexity index is 1160. The monoisotopic (exact) mass is 418 g/mol. The van der Waals surface area contributed by atoms with Crippen molar-refractivity contribution >= 4 is 21.6 Å². The summed E-state index contributed by atoms with van der Waals surface area (Å²) in [5, 5.41) is 6.54. The number of carbonyl (C=O) groups excluding carboxylic acids is 1. The number of para-hydroxylation sites is 1. The molecular formula is C19H19FN4O4S. The van der Waals surface area contributed by atoms with Crippen LogP contribution in [0.2, 0.25) is 0 Å². The Morgan fingerprint density at radius 2 is 1.86 bits per heavy atom. The van der Waals surface area contributed by atoms with Crippen molar-refractivity contribution in [3.63, 3.8) is 0 Å². The fourth-order valence-electron chi connectivity index (χ4n) is 2.52. The van der Waals surface area contributed by atoms with Crippen LogP contribution < -0.4 is 10.0 Å². The third-order valence-corrected chi connectivity index (χ3v) is 5.40. The maximum Gasteiger partial charge on any atom is 0.262 e. The zero-order chi connectivity index (χ0) is 21.2. The van der Waals surface area contributed by atoms with Gasteiger partial charge in [0.1, 0.15) is 5.82 Å². The molecule has 0 spiro atoms. The number of hydrogen-bond donors (Lipinski definition) is 2. The highest BCUT2D eigenvalue weighted by atomic mass is 32.2. The molecular weight excluding hydrogens is 399 g/mol. The zero-order valence-electron chi connectivity index (χ0n) is 15.9. The average Bonchev–Trinajstić information content (AvgIpc) is 3.11. The van der Waals surface area contributed by atoms with Gasteiger partial charge in [0, 0.05) is 12.5 Å². The van der Waals surface area contributed by atoms with E-state index in [2.05, 4.69) is 20.2 Å². The number of amides is 1. The van der Waals surface area contributed by atoms with E-state index in [0.717, 1.165) is 6.07 Å². The molecule has 0 radical (unpaired) electrons. The lowest BCUT2D eigenvalue weighted by Crippen LogP contribution is -2.41. The van der Waals surface area contributed by atoms with Crippen molar-refractivity contribution < 1.29 is 22.1 Å². The third-order valence-electron chi connectivity index (χ3n) is 4.04. The van der Waals surface area contributed by atoms with E-state index < -0.39 is 27.3 Å². The molecule has 0 saturated carbocycles. The van der Waals surface area contributed by atoms with Crippen molar-refractivity contribution in [2.24, 2.45) is 0 Å².